The molecule has 0 aromatic carbocycles. The summed E-state index contributed by atoms with van der Waals surface area (Å²) in [4.78, 5) is 0.183. The maximum Gasteiger partial charge on any atom is 0.0449 e. The van der Waals surface area contributed by atoms with Crippen molar-refractivity contribution in [1.29, 1.82) is 0 Å². The van der Waals surface area contributed by atoms with E-state index in [0.29, 0.717) is 0 Å². The first-order valence-electron chi connectivity index (χ1n) is 3.87. The van der Waals surface area contributed by atoms with Crippen LogP contribution in [0.15, 0.2) is 0 Å². The molecule has 0 aliphatic heterocycles. The minimum Gasteiger partial charge on any atom is -0.119 e. The van der Waals surface area contributed by atoms with Crippen molar-refractivity contribution in [3.05, 3.63) is 0 Å². The predicted molar refractivity (Wildman–Crippen MR) is 39.7 cm³/mol. The topological polar surface area (TPSA) is 0 Å². The summed E-state index contributed by atoms with van der Waals surface area (Å²) >= 11 is 6.26. The Morgan fingerprint density at radius 1 is 1.44 bits per heavy atom. The van der Waals surface area contributed by atoms with Gasteiger partial charge in [-0.25, -0.2) is 0 Å². The molecule has 2 rings (SSSR count). The van der Waals surface area contributed by atoms with Crippen LogP contribution in [0.1, 0.15) is 32.6 Å². The molecule has 1 heteroatoms. The number of halogens is 1. The Balaban J connectivity index is 2.18. The molecule has 2 aliphatic rings. The zero-order valence-electron chi connectivity index (χ0n) is 5.86. The standard InChI is InChI=1S/C8H13Cl/c1-8(9)5-6-2-3-7(8)4-6/h6-7H,2-5H2,1H3/t6-,7+,8+/m1/s1. The average molecular weight is 145 g/mol. The SMILES string of the molecule is C[C@]1(Cl)C[C@@H]2CC[C@H]1C2. The Bertz CT molecular complexity index is 129. The second-order valence-electron chi connectivity index (χ2n) is 3.86. The molecule has 0 aromatic heterocycles. The molecule has 3 atom stereocenters. The minimum absolute atomic E-state index is 0.183. The summed E-state index contributed by atoms with van der Waals surface area (Å²) in [6, 6.07) is 0. The summed E-state index contributed by atoms with van der Waals surface area (Å²) in [5, 5.41) is 0. The van der Waals surface area contributed by atoms with E-state index in [-0.39, 0.29) is 4.87 Å². The third-order valence-electron chi connectivity index (χ3n) is 3.08. The Labute approximate surface area is 61.6 Å². The van der Waals surface area contributed by atoms with Gasteiger partial charge in [0.05, 0.1) is 0 Å². The normalized spacial score (nSPS) is 56.7. The zero-order chi connectivity index (χ0) is 6.48. The first-order chi connectivity index (χ1) is 4.18. The first kappa shape index (κ1) is 6.03. The molecule has 0 heterocycles. The molecule has 0 N–H and O–H groups in total. The Morgan fingerprint density at radius 2 is 2.22 bits per heavy atom. The van der Waals surface area contributed by atoms with E-state index >= 15 is 0 Å². The van der Waals surface area contributed by atoms with Crippen molar-refractivity contribution in [2.24, 2.45) is 11.8 Å². The van der Waals surface area contributed by atoms with Gasteiger partial charge < -0.3 is 0 Å². The van der Waals surface area contributed by atoms with Crippen molar-refractivity contribution in [3.63, 3.8) is 0 Å². The summed E-state index contributed by atoms with van der Waals surface area (Å²) in [6.45, 7) is 2.21. The van der Waals surface area contributed by atoms with Crippen molar-refractivity contribution >= 4 is 11.6 Å². The van der Waals surface area contributed by atoms with Crippen LogP contribution in [0.5, 0.6) is 0 Å². The van der Waals surface area contributed by atoms with Crippen molar-refractivity contribution in [2.45, 2.75) is 37.5 Å². The number of hydrogen-bond donors (Lipinski definition) is 0. The predicted octanol–water partition coefficient (Wildman–Crippen LogP) is 2.80. The molecular formula is C8H13Cl. The fourth-order valence-corrected chi connectivity index (χ4v) is 2.95. The van der Waals surface area contributed by atoms with Crippen LogP contribution in [0.25, 0.3) is 0 Å². The van der Waals surface area contributed by atoms with Crippen LogP contribution in [0.4, 0.5) is 0 Å². The third-order valence-corrected chi connectivity index (χ3v) is 3.54. The molecule has 2 saturated carbocycles. The lowest BCUT2D eigenvalue weighted by Crippen LogP contribution is -2.23. The Kier molecular flexibility index (Phi) is 1.11. The summed E-state index contributed by atoms with van der Waals surface area (Å²) in [5.74, 6) is 1.83. The Hall–Kier alpha value is 0.290. The highest BCUT2D eigenvalue weighted by atomic mass is 35.5. The van der Waals surface area contributed by atoms with Crippen LogP contribution in [0.3, 0.4) is 0 Å². The molecule has 0 radical (unpaired) electrons. The van der Waals surface area contributed by atoms with E-state index in [0.717, 1.165) is 11.8 Å². The lowest BCUT2D eigenvalue weighted by Gasteiger charge is -2.26. The van der Waals surface area contributed by atoms with Gasteiger partial charge in [-0.1, -0.05) is 6.42 Å². The fourth-order valence-electron chi connectivity index (χ4n) is 2.54. The molecule has 2 aliphatic carbocycles. The number of fused-ring (bicyclic) bond motifs is 2. The van der Waals surface area contributed by atoms with Gasteiger partial charge in [-0.05, 0) is 38.0 Å². The molecule has 2 fully saturated rings. The van der Waals surface area contributed by atoms with Crippen molar-refractivity contribution < 1.29 is 0 Å². The van der Waals surface area contributed by atoms with E-state index in [9.17, 15) is 0 Å². The molecule has 52 valence electrons. The summed E-state index contributed by atoms with van der Waals surface area (Å²) in [5.41, 5.74) is 0. The minimum atomic E-state index is 0.183. The van der Waals surface area contributed by atoms with Crippen LogP contribution in [0, 0.1) is 11.8 Å². The second-order valence-corrected chi connectivity index (χ2v) is 4.72. The van der Waals surface area contributed by atoms with E-state index in [1.807, 2.05) is 0 Å². The van der Waals surface area contributed by atoms with Crippen LogP contribution in [-0.2, 0) is 0 Å². The number of alkyl halides is 1. The summed E-state index contributed by atoms with van der Waals surface area (Å²) in [6.07, 6.45) is 5.54. The van der Waals surface area contributed by atoms with Gasteiger partial charge in [0.25, 0.3) is 0 Å². The van der Waals surface area contributed by atoms with E-state index in [1.165, 1.54) is 25.7 Å². The molecular weight excluding hydrogens is 132 g/mol. The van der Waals surface area contributed by atoms with Crippen molar-refractivity contribution in [2.75, 3.05) is 0 Å². The highest BCUT2D eigenvalue weighted by Gasteiger charge is 2.46. The van der Waals surface area contributed by atoms with E-state index < -0.39 is 0 Å². The van der Waals surface area contributed by atoms with Gasteiger partial charge in [-0.3, -0.25) is 0 Å². The van der Waals surface area contributed by atoms with E-state index in [1.54, 1.807) is 0 Å². The summed E-state index contributed by atoms with van der Waals surface area (Å²) in [7, 11) is 0. The van der Waals surface area contributed by atoms with Gasteiger partial charge in [0, 0.05) is 4.87 Å². The molecule has 0 aromatic rings. The Morgan fingerprint density at radius 3 is 2.44 bits per heavy atom. The van der Waals surface area contributed by atoms with Crippen LogP contribution >= 0.6 is 11.6 Å². The van der Waals surface area contributed by atoms with Crippen molar-refractivity contribution in [1.82, 2.24) is 0 Å². The molecule has 0 amide bonds. The molecule has 0 nitrogen and oxygen atoms in total. The monoisotopic (exact) mass is 144 g/mol. The van der Waals surface area contributed by atoms with Crippen molar-refractivity contribution in [3.8, 4) is 0 Å². The molecule has 0 spiro atoms. The molecule has 0 unspecified atom stereocenters. The van der Waals surface area contributed by atoms with Crippen LogP contribution in [-0.4, -0.2) is 4.87 Å². The largest absolute Gasteiger partial charge is 0.119 e. The van der Waals surface area contributed by atoms with Gasteiger partial charge in [-0.15, -0.1) is 11.6 Å². The van der Waals surface area contributed by atoms with Crippen LogP contribution < -0.4 is 0 Å². The highest BCUT2D eigenvalue weighted by Crippen LogP contribution is 2.53. The quantitative estimate of drug-likeness (QED) is 0.459. The van der Waals surface area contributed by atoms with Gasteiger partial charge in [-0.2, -0.15) is 0 Å². The lowest BCUT2D eigenvalue weighted by atomic mass is 9.90. The highest BCUT2D eigenvalue weighted by molar-refractivity contribution is 6.24. The molecule has 9 heavy (non-hydrogen) atoms. The maximum atomic E-state index is 6.26. The number of rotatable bonds is 0. The average Bonchev–Trinajstić information content (AvgIpc) is 2.19. The van der Waals surface area contributed by atoms with Crippen LogP contribution in [0.2, 0.25) is 0 Å². The smallest absolute Gasteiger partial charge is 0.0449 e. The van der Waals surface area contributed by atoms with E-state index in [4.69, 9.17) is 11.6 Å². The van der Waals surface area contributed by atoms with Gasteiger partial charge >= 0.3 is 0 Å². The lowest BCUT2D eigenvalue weighted by molar-refractivity contribution is 0.390. The number of hydrogen-bond acceptors (Lipinski definition) is 0. The second kappa shape index (κ2) is 1.66. The first-order valence-corrected chi connectivity index (χ1v) is 4.25. The molecule has 0 saturated heterocycles. The molecule has 2 bridgehead atoms. The maximum absolute atomic E-state index is 6.26. The third kappa shape index (κ3) is 0.797. The van der Waals surface area contributed by atoms with Gasteiger partial charge in [0.1, 0.15) is 0 Å². The summed E-state index contributed by atoms with van der Waals surface area (Å²) < 4.78 is 0. The van der Waals surface area contributed by atoms with Gasteiger partial charge in [0.2, 0.25) is 0 Å². The van der Waals surface area contributed by atoms with E-state index in [2.05, 4.69) is 6.92 Å². The zero-order valence-corrected chi connectivity index (χ0v) is 6.62. The van der Waals surface area contributed by atoms with Gasteiger partial charge in [0.15, 0.2) is 0 Å². The fraction of sp³-hybridized carbons (Fsp3) is 1.00.